The summed E-state index contributed by atoms with van der Waals surface area (Å²) in [6.45, 7) is 7.50. The highest BCUT2D eigenvalue weighted by Gasteiger charge is 2.20. The van der Waals surface area contributed by atoms with Gasteiger partial charge in [-0.15, -0.1) is 0 Å². The molecule has 0 aliphatic carbocycles. The lowest BCUT2D eigenvalue weighted by Crippen LogP contribution is -2.46. The molecule has 0 unspecified atom stereocenters. The van der Waals surface area contributed by atoms with Crippen LogP contribution in [0.4, 0.5) is 11.7 Å². The second-order valence-corrected chi connectivity index (χ2v) is 5.05. The van der Waals surface area contributed by atoms with Gasteiger partial charge in [0.05, 0.1) is 0 Å². The molecule has 0 spiro atoms. The van der Waals surface area contributed by atoms with Gasteiger partial charge in [-0.05, 0) is 25.1 Å². The SMILES string of the molecule is CCCN1CCN(c2nc3ccc(N)cc3o2)CC1. The molecule has 0 radical (unpaired) electrons. The summed E-state index contributed by atoms with van der Waals surface area (Å²) >= 11 is 0. The average molecular weight is 260 g/mol. The summed E-state index contributed by atoms with van der Waals surface area (Å²) in [5, 5.41) is 0. The van der Waals surface area contributed by atoms with Crippen molar-refractivity contribution >= 4 is 22.8 Å². The zero-order valence-electron chi connectivity index (χ0n) is 11.3. The van der Waals surface area contributed by atoms with Crippen molar-refractivity contribution in [1.82, 2.24) is 9.88 Å². The van der Waals surface area contributed by atoms with Crippen molar-refractivity contribution in [2.45, 2.75) is 13.3 Å². The number of rotatable bonds is 3. The van der Waals surface area contributed by atoms with Crippen LogP contribution < -0.4 is 10.6 Å². The van der Waals surface area contributed by atoms with E-state index in [1.54, 1.807) is 0 Å². The van der Waals surface area contributed by atoms with Gasteiger partial charge in [-0.1, -0.05) is 6.92 Å². The fourth-order valence-corrected chi connectivity index (χ4v) is 2.54. The number of aromatic nitrogens is 1. The lowest BCUT2D eigenvalue weighted by atomic mass is 10.3. The van der Waals surface area contributed by atoms with Crippen molar-refractivity contribution in [3.8, 4) is 0 Å². The molecule has 0 atom stereocenters. The van der Waals surface area contributed by atoms with Crippen molar-refractivity contribution in [3.63, 3.8) is 0 Å². The van der Waals surface area contributed by atoms with Crippen LogP contribution in [0.1, 0.15) is 13.3 Å². The summed E-state index contributed by atoms with van der Waals surface area (Å²) in [5.41, 5.74) is 8.11. The van der Waals surface area contributed by atoms with Gasteiger partial charge in [0.2, 0.25) is 0 Å². The van der Waals surface area contributed by atoms with Gasteiger partial charge in [0, 0.05) is 37.9 Å². The van der Waals surface area contributed by atoms with Crippen LogP contribution in [0, 0.1) is 0 Å². The topological polar surface area (TPSA) is 58.5 Å². The molecule has 0 amide bonds. The third kappa shape index (κ3) is 2.51. The average Bonchev–Trinajstić information content (AvgIpc) is 2.83. The number of hydrogen-bond donors (Lipinski definition) is 1. The number of benzene rings is 1. The molecule has 2 heterocycles. The number of hydrogen-bond acceptors (Lipinski definition) is 5. The fourth-order valence-electron chi connectivity index (χ4n) is 2.54. The lowest BCUT2D eigenvalue weighted by Gasteiger charge is -2.33. The molecule has 1 fully saturated rings. The van der Waals surface area contributed by atoms with Gasteiger partial charge in [-0.2, -0.15) is 4.98 Å². The molecular weight excluding hydrogens is 240 g/mol. The molecule has 5 heteroatoms. The van der Waals surface area contributed by atoms with Crippen molar-refractivity contribution in [2.75, 3.05) is 43.4 Å². The van der Waals surface area contributed by atoms with Gasteiger partial charge in [0.1, 0.15) is 5.52 Å². The smallest absolute Gasteiger partial charge is 0.298 e. The second kappa shape index (κ2) is 5.09. The highest BCUT2D eigenvalue weighted by Crippen LogP contribution is 2.24. The molecule has 2 aromatic rings. The molecular formula is C14H20N4O. The molecule has 1 aromatic carbocycles. The number of nitrogens with zero attached hydrogens (tertiary/aromatic N) is 3. The predicted octanol–water partition coefficient (Wildman–Crippen LogP) is 1.94. The monoisotopic (exact) mass is 260 g/mol. The summed E-state index contributed by atoms with van der Waals surface area (Å²) in [6, 6.07) is 6.31. The third-order valence-corrected chi connectivity index (χ3v) is 3.58. The Morgan fingerprint density at radius 1 is 1.26 bits per heavy atom. The van der Waals surface area contributed by atoms with E-state index in [0.717, 1.165) is 43.3 Å². The number of anilines is 2. The first kappa shape index (κ1) is 12.3. The Morgan fingerprint density at radius 2 is 2.05 bits per heavy atom. The number of fused-ring (bicyclic) bond motifs is 1. The minimum atomic E-state index is 0.711. The molecule has 1 aliphatic rings. The first-order valence-electron chi connectivity index (χ1n) is 6.89. The Balaban J connectivity index is 1.74. The molecule has 5 nitrogen and oxygen atoms in total. The Labute approximate surface area is 113 Å². The zero-order chi connectivity index (χ0) is 13.2. The Morgan fingerprint density at radius 3 is 2.79 bits per heavy atom. The molecule has 102 valence electrons. The van der Waals surface area contributed by atoms with Crippen LogP contribution in [0.5, 0.6) is 0 Å². The van der Waals surface area contributed by atoms with Gasteiger partial charge in [-0.25, -0.2) is 0 Å². The molecule has 3 rings (SSSR count). The van der Waals surface area contributed by atoms with E-state index in [1.165, 1.54) is 13.0 Å². The molecule has 0 saturated carbocycles. The lowest BCUT2D eigenvalue weighted by molar-refractivity contribution is 0.254. The van der Waals surface area contributed by atoms with Gasteiger partial charge in [0.25, 0.3) is 6.01 Å². The predicted molar refractivity (Wildman–Crippen MR) is 77.4 cm³/mol. The normalized spacial score (nSPS) is 17.2. The van der Waals surface area contributed by atoms with Crippen molar-refractivity contribution < 1.29 is 4.42 Å². The van der Waals surface area contributed by atoms with Crippen molar-refractivity contribution in [3.05, 3.63) is 18.2 Å². The van der Waals surface area contributed by atoms with Crippen molar-refractivity contribution in [1.29, 1.82) is 0 Å². The highest BCUT2D eigenvalue weighted by atomic mass is 16.4. The number of piperazine rings is 1. The van der Waals surface area contributed by atoms with Crippen LogP contribution in [-0.4, -0.2) is 42.6 Å². The molecule has 2 N–H and O–H groups in total. The van der Waals surface area contributed by atoms with Gasteiger partial charge < -0.3 is 15.1 Å². The number of nitrogen functional groups attached to an aromatic ring is 1. The minimum Gasteiger partial charge on any atom is -0.423 e. The maximum absolute atomic E-state index is 5.80. The molecule has 1 saturated heterocycles. The van der Waals surface area contributed by atoms with Crippen LogP contribution in [0.25, 0.3) is 11.1 Å². The summed E-state index contributed by atoms with van der Waals surface area (Å²) in [6.07, 6.45) is 1.21. The van der Waals surface area contributed by atoms with Crippen LogP contribution in [0.2, 0.25) is 0 Å². The molecule has 0 bridgehead atoms. The number of oxazole rings is 1. The first-order chi connectivity index (χ1) is 9.26. The summed E-state index contributed by atoms with van der Waals surface area (Å²) in [4.78, 5) is 9.23. The third-order valence-electron chi connectivity index (χ3n) is 3.58. The van der Waals surface area contributed by atoms with Gasteiger partial charge in [0.15, 0.2) is 5.58 Å². The standard InChI is InChI=1S/C14H20N4O/c1-2-5-17-6-8-18(9-7-17)14-16-12-4-3-11(15)10-13(12)19-14/h3-4,10H,2,5-9,15H2,1H3. The maximum Gasteiger partial charge on any atom is 0.298 e. The maximum atomic E-state index is 5.80. The van der Waals surface area contributed by atoms with Crippen LogP contribution in [-0.2, 0) is 0 Å². The zero-order valence-corrected chi connectivity index (χ0v) is 11.3. The fraction of sp³-hybridized carbons (Fsp3) is 0.500. The number of nitrogens with two attached hydrogens (primary N) is 1. The van der Waals surface area contributed by atoms with E-state index in [2.05, 4.69) is 21.7 Å². The quantitative estimate of drug-likeness (QED) is 0.855. The molecule has 1 aromatic heterocycles. The van der Waals surface area contributed by atoms with E-state index in [9.17, 15) is 0 Å². The van der Waals surface area contributed by atoms with Crippen LogP contribution in [0.3, 0.4) is 0 Å². The minimum absolute atomic E-state index is 0.711. The van der Waals surface area contributed by atoms with Gasteiger partial charge >= 0.3 is 0 Å². The van der Waals surface area contributed by atoms with Crippen molar-refractivity contribution in [2.24, 2.45) is 0 Å². The Bertz CT molecular complexity index is 558. The first-order valence-corrected chi connectivity index (χ1v) is 6.89. The Hall–Kier alpha value is -1.75. The van der Waals surface area contributed by atoms with E-state index in [4.69, 9.17) is 10.2 Å². The molecule has 1 aliphatic heterocycles. The van der Waals surface area contributed by atoms with E-state index in [0.29, 0.717) is 5.69 Å². The van der Waals surface area contributed by atoms with E-state index in [1.807, 2.05) is 18.2 Å². The van der Waals surface area contributed by atoms with E-state index in [-0.39, 0.29) is 0 Å². The largest absolute Gasteiger partial charge is 0.423 e. The van der Waals surface area contributed by atoms with Gasteiger partial charge in [-0.3, -0.25) is 4.90 Å². The summed E-state index contributed by atoms with van der Waals surface area (Å²) < 4.78 is 5.80. The van der Waals surface area contributed by atoms with E-state index < -0.39 is 0 Å². The Kier molecular flexibility index (Phi) is 3.29. The summed E-state index contributed by atoms with van der Waals surface area (Å²) in [7, 11) is 0. The highest BCUT2D eigenvalue weighted by molar-refractivity contribution is 5.78. The van der Waals surface area contributed by atoms with E-state index >= 15 is 0 Å². The van der Waals surface area contributed by atoms with Crippen LogP contribution >= 0.6 is 0 Å². The van der Waals surface area contributed by atoms with Crippen LogP contribution in [0.15, 0.2) is 22.6 Å². The second-order valence-electron chi connectivity index (χ2n) is 5.05. The molecule has 19 heavy (non-hydrogen) atoms. The summed E-state index contributed by atoms with van der Waals surface area (Å²) in [5.74, 6) is 0.